The molecule has 2 N–H and O–H groups in total. The minimum absolute atomic E-state index is 0.146. The fourth-order valence-corrected chi connectivity index (χ4v) is 4.22. The SMILES string of the molecule is O=C(NC(C(=O)O)C1CCCOC1)c1cc2c(s1)CCC2. The molecule has 1 saturated heterocycles. The Morgan fingerprint density at radius 2 is 2.24 bits per heavy atom. The van der Waals surface area contributed by atoms with Gasteiger partial charge in [0.15, 0.2) is 0 Å². The molecule has 1 aliphatic carbocycles. The summed E-state index contributed by atoms with van der Waals surface area (Å²) in [4.78, 5) is 25.6. The van der Waals surface area contributed by atoms with Crippen molar-refractivity contribution in [2.75, 3.05) is 13.2 Å². The van der Waals surface area contributed by atoms with Crippen LogP contribution in [0.4, 0.5) is 0 Å². The quantitative estimate of drug-likeness (QED) is 0.890. The van der Waals surface area contributed by atoms with Crippen LogP contribution in [0.5, 0.6) is 0 Å². The fraction of sp³-hybridized carbons (Fsp3) is 0.600. The third-order valence-corrected chi connectivity index (χ3v) is 5.43. The highest BCUT2D eigenvalue weighted by atomic mass is 32.1. The van der Waals surface area contributed by atoms with Crippen molar-refractivity contribution < 1.29 is 19.4 Å². The smallest absolute Gasteiger partial charge is 0.326 e. The Hall–Kier alpha value is -1.40. The number of thiophene rings is 1. The number of aliphatic carboxylic acids is 1. The lowest BCUT2D eigenvalue weighted by molar-refractivity contribution is -0.142. The average molecular weight is 309 g/mol. The lowest BCUT2D eigenvalue weighted by atomic mass is 9.93. The zero-order valence-corrected chi connectivity index (χ0v) is 12.6. The number of hydrogen-bond donors (Lipinski definition) is 2. The number of hydrogen-bond acceptors (Lipinski definition) is 4. The van der Waals surface area contributed by atoms with E-state index in [-0.39, 0.29) is 11.8 Å². The molecule has 2 aliphatic rings. The molecule has 2 heterocycles. The van der Waals surface area contributed by atoms with Gasteiger partial charge < -0.3 is 15.2 Å². The van der Waals surface area contributed by atoms with Crippen molar-refractivity contribution in [1.29, 1.82) is 0 Å². The Balaban J connectivity index is 1.69. The standard InChI is InChI=1S/C15H19NO4S/c17-14(12-7-9-3-1-5-11(9)21-12)16-13(15(18)19)10-4-2-6-20-8-10/h7,10,13H,1-6,8H2,(H,16,17)(H,18,19). The minimum Gasteiger partial charge on any atom is -0.480 e. The van der Waals surface area contributed by atoms with Crippen LogP contribution in [0.3, 0.4) is 0 Å². The molecule has 1 fully saturated rings. The number of rotatable bonds is 4. The van der Waals surface area contributed by atoms with Gasteiger partial charge in [-0.15, -0.1) is 11.3 Å². The number of carbonyl (C=O) groups excluding carboxylic acids is 1. The van der Waals surface area contributed by atoms with Crippen LogP contribution in [0.15, 0.2) is 6.07 Å². The molecule has 1 aromatic heterocycles. The molecule has 21 heavy (non-hydrogen) atoms. The highest BCUT2D eigenvalue weighted by molar-refractivity contribution is 7.14. The van der Waals surface area contributed by atoms with Gasteiger partial charge in [0, 0.05) is 17.4 Å². The molecule has 2 atom stereocenters. The lowest BCUT2D eigenvalue weighted by Gasteiger charge is -2.27. The summed E-state index contributed by atoms with van der Waals surface area (Å²) in [5.41, 5.74) is 1.25. The van der Waals surface area contributed by atoms with Gasteiger partial charge in [-0.2, -0.15) is 0 Å². The molecule has 0 aromatic carbocycles. The molecule has 1 aromatic rings. The van der Waals surface area contributed by atoms with Crippen molar-refractivity contribution in [1.82, 2.24) is 5.32 Å². The molecule has 0 saturated carbocycles. The number of fused-ring (bicyclic) bond motifs is 1. The van der Waals surface area contributed by atoms with E-state index >= 15 is 0 Å². The van der Waals surface area contributed by atoms with E-state index in [1.54, 1.807) is 0 Å². The summed E-state index contributed by atoms with van der Waals surface area (Å²) in [5.74, 6) is -1.40. The molecular formula is C15H19NO4S. The third kappa shape index (κ3) is 3.11. The van der Waals surface area contributed by atoms with Gasteiger partial charge in [-0.3, -0.25) is 4.79 Å². The second kappa shape index (κ2) is 6.15. The van der Waals surface area contributed by atoms with E-state index in [0.29, 0.717) is 18.1 Å². The Labute approximate surface area is 127 Å². The first-order chi connectivity index (χ1) is 10.1. The number of carboxylic acids is 1. The second-order valence-electron chi connectivity index (χ2n) is 5.68. The van der Waals surface area contributed by atoms with Crippen LogP contribution in [-0.2, 0) is 22.4 Å². The van der Waals surface area contributed by atoms with E-state index in [2.05, 4.69) is 5.32 Å². The molecular weight excluding hydrogens is 290 g/mol. The summed E-state index contributed by atoms with van der Waals surface area (Å²) in [7, 11) is 0. The van der Waals surface area contributed by atoms with Gasteiger partial charge in [0.25, 0.3) is 5.91 Å². The highest BCUT2D eigenvalue weighted by Gasteiger charge is 2.32. The Bertz CT molecular complexity index is 526. The van der Waals surface area contributed by atoms with Crippen molar-refractivity contribution in [3.05, 3.63) is 21.4 Å². The fourth-order valence-electron chi connectivity index (χ4n) is 3.06. The van der Waals surface area contributed by atoms with Gasteiger partial charge in [-0.25, -0.2) is 4.79 Å². The van der Waals surface area contributed by atoms with Gasteiger partial charge in [-0.1, -0.05) is 0 Å². The number of carbonyl (C=O) groups is 2. The number of ether oxygens (including phenoxy) is 1. The van der Waals surface area contributed by atoms with Crippen LogP contribution < -0.4 is 5.32 Å². The molecule has 1 aliphatic heterocycles. The Morgan fingerprint density at radius 1 is 1.38 bits per heavy atom. The molecule has 1 amide bonds. The topological polar surface area (TPSA) is 75.6 Å². The molecule has 0 bridgehead atoms. The number of amides is 1. The summed E-state index contributed by atoms with van der Waals surface area (Å²) < 4.78 is 5.34. The van der Waals surface area contributed by atoms with Crippen LogP contribution >= 0.6 is 11.3 Å². The van der Waals surface area contributed by atoms with Crippen LogP contribution in [0, 0.1) is 5.92 Å². The summed E-state index contributed by atoms with van der Waals surface area (Å²) in [6, 6.07) is 1.05. The maximum Gasteiger partial charge on any atom is 0.326 e. The van der Waals surface area contributed by atoms with E-state index in [1.807, 2.05) is 6.07 Å². The summed E-state index contributed by atoms with van der Waals surface area (Å²) in [6.45, 7) is 1.08. The largest absolute Gasteiger partial charge is 0.480 e. The molecule has 6 heteroatoms. The van der Waals surface area contributed by atoms with E-state index in [4.69, 9.17) is 4.74 Å². The maximum atomic E-state index is 12.3. The molecule has 0 spiro atoms. The number of nitrogens with one attached hydrogen (secondary N) is 1. The van der Waals surface area contributed by atoms with E-state index in [0.717, 1.165) is 32.1 Å². The van der Waals surface area contributed by atoms with Gasteiger partial charge in [0.05, 0.1) is 11.5 Å². The van der Waals surface area contributed by atoms with Crippen molar-refractivity contribution in [3.63, 3.8) is 0 Å². The zero-order valence-electron chi connectivity index (χ0n) is 11.8. The molecule has 0 radical (unpaired) electrons. The molecule has 114 valence electrons. The summed E-state index contributed by atoms with van der Waals surface area (Å²) >= 11 is 1.49. The lowest BCUT2D eigenvalue weighted by Crippen LogP contribution is -2.48. The molecule has 2 unspecified atom stereocenters. The number of aryl methyl sites for hydroxylation is 2. The number of carboxylic acid groups (broad SMARTS) is 1. The first-order valence-corrected chi connectivity index (χ1v) is 8.20. The van der Waals surface area contributed by atoms with E-state index < -0.39 is 12.0 Å². The average Bonchev–Trinajstić information content (AvgIpc) is 3.06. The van der Waals surface area contributed by atoms with Crippen LogP contribution in [-0.4, -0.2) is 36.2 Å². The predicted molar refractivity (Wildman–Crippen MR) is 78.8 cm³/mol. The summed E-state index contributed by atoms with van der Waals surface area (Å²) in [6.07, 6.45) is 4.83. The maximum absolute atomic E-state index is 12.3. The third-order valence-electron chi connectivity index (χ3n) is 4.19. The predicted octanol–water partition coefficient (Wildman–Crippen LogP) is 1.85. The van der Waals surface area contributed by atoms with E-state index in [1.165, 1.54) is 21.8 Å². The van der Waals surface area contributed by atoms with Crippen molar-refractivity contribution in [2.24, 2.45) is 5.92 Å². The van der Waals surface area contributed by atoms with Crippen LogP contribution in [0.2, 0.25) is 0 Å². The van der Waals surface area contributed by atoms with Gasteiger partial charge in [-0.05, 0) is 43.7 Å². The van der Waals surface area contributed by atoms with Gasteiger partial charge in [0.1, 0.15) is 6.04 Å². The summed E-state index contributed by atoms with van der Waals surface area (Å²) in [5, 5.41) is 12.1. The van der Waals surface area contributed by atoms with Crippen molar-refractivity contribution >= 4 is 23.2 Å². The van der Waals surface area contributed by atoms with E-state index in [9.17, 15) is 14.7 Å². The zero-order chi connectivity index (χ0) is 14.8. The van der Waals surface area contributed by atoms with Gasteiger partial charge in [0.2, 0.25) is 0 Å². The normalized spacial score (nSPS) is 22.6. The van der Waals surface area contributed by atoms with Crippen LogP contribution in [0.1, 0.15) is 39.4 Å². The second-order valence-corrected chi connectivity index (χ2v) is 6.82. The highest BCUT2D eigenvalue weighted by Crippen LogP contribution is 2.30. The van der Waals surface area contributed by atoms with Crippen molar-refractivity contribution in [2.45, 2.75) is 38.1 Å². The molecule has 3 rings (SSSR count). The first kappa shape index (κ1) is 14.5. The molecule has 5 nitrogen and oxygen atoms in total. The first-order valence-electron chi connectivity index (χ1n) is 7.38. The van der Waals surface area contributed by atoms with Crippen molar-refractivity contribution in [3.8, 4) is 0 Å². The minimum atomic E-state index is -0.983. The Morgan fingerprint density at radius 3 is 2.90 bits per heavy atom. The Kier molecular flexibility index (Phi) is 4.26. The van der Waals surface area contributed by atoms with Crippen LogP contribution in [0.25, 0.3) is 0 Å². The van der Waals surface area contributed by atoms with Gasteiger partial charge >= 0.3 is 5.97 Å². The monoisotopic (exact) mass is 309 g/mol.